The second-order valence-electron chi connectivity index (χ2n) is 5.03. The number of aliphatic carboxylic acids is 1. The average Bonchev–Trinajstić information content (AvgIpc) is 3.07. The van der Waals surface area contributed by atoms with Crippen LogP contribution in [0, 0.1) is 0 Å². The second-order valence-corrected chi connectivity index (χ2v) is 5.92. The van der Waals surface area contributed by atoms with E-state index in [1.54, 1.807) is 0 Å². The predicted octanol–water partition coefficient (Wildman–Crippen LogP) is 1.86. The Kier molecular flexibility index (Phi) is 5.30. The second kappa shape index (κ2) is 7.00. The molecule has 0 saturated carbocycles. The number of rotatable bonds is 6. The van der Waals surface area contributed by atoms with E-state index in [1.807, 2.05) is 19.2 Å². The van der Waals surface area contributed by atoms with E-state index in [1.165, 1.54) is 16.2 Å². The smallest absolute Gasteiger partial charge is 0.326 e. The Balaban J connectivity index is 1.98. The third-order valence-electron chi connectivity index (χ3n) is 3.52. The SMILES string of the molecule is CCO[C@@H](C)c1nc(CC(=O)N2CCC[C@H]2C(=O)O)cs1. The van der Waals surface area contributed by atoms with Crippen molar-refractivity contribution in [2.45, 2.75) is 45.3 Å². The number of carbonyl (C=O) groups is 2. The van der Waals surface area contributed by atoms with Crippen LogP contribution in [0.15, 0.2) is 5.38 Å². The number of carbonyl (C=O) groups excluding carboxylic acids is 1. The summed E-state index contributed by atoms with van der Waals surface area (Å²) in [6.45, 7) is 4.98. The van der Waals surface area contributed by atoms with Gasteiger partial charge in [-0.15, -0.1) is 11.3 Å². The molecule has 2 rings (SSSR count). The summed E-state index contributed by atoms with van der Waals surface area (Å²) in [6.07, 6.45) is 1.35. The van der Waals surface area contributed by atoms with Crippen LogP contribution in [0.3, 0.4) is 0 Å². The Morgan fingerprint density at radius 2 is 2.38 bits per heavy atom. The van der Waals surface area contributed by atoms with Crippen LogP contribution in [0.5, 0.6) is 0 Å². The van der Waals surface area contributed by atoms with Crippen LogP contribution in [0.25, 0.3) is 0 Å². The van der Waals surface area contributed by atoms with Crippen molar-refractivity contribution < 1.29 is 19.4 Å². The lowest BCUT2D eigenvalue weighted by molar-refractivity contribution is -0.148. The summed E-state index contributed by atoms with van der Waals surface area (Å²) < 4.78 is 5.47. The molecule has 21 heavy (non-hydrogen) atoms. The van der Waals surface area contributed by atoms with Gasteiger partial charge in [-0.1, -0.05) is 0 Å². The number of carboxylic acid groups (broad SMARTS) is 1. The Bertz CT molecular complexity index is 517. The largest absolute Gasteiger partial charge is 0.480 e. The van der Waals surface area contributed by atoms with Crippen LogP contribution in [0.4, 0.5) is 0 Å². The van der Waals surface area contributed by atoms with E-state index in [0.29, 0.717) is 25.3 Å². The van der Waals surface area contributed by atoms with Crippen molar-refractivity contribution >= 4 is 23.2 Å². The van der Waals surface area contributed by atoms with E-state index in [9.17, 15) is 9.59 Å². The molecule has 0 aromatic carbocycles. The summed E-state index contributed by atoms with van der Waals surface area (Å²) in [7, 11) is 0. The molecule has 6 nitrogen and oxygen atoms in total. The molecule has 0 unspecified atom stereocenters. The molecule has 1 aromatic rings. The van der Waals surface area contributed by atoms with Crippen molar-refractivity contribution in [1.29, 1.82) is 0 Å². The standard InChI is InChI=1S/C14H20N2O4S/c1-3-20-9(2)13-15-10(8-21-13)7-12(17)16-6-4-5-11(16)14(18)19/h8-9,11H,3-7H2,1-2H3,(H,18,19)/t9-,11-/m0/s1. The van der Waals surface area contributed by atoms with Gasteiger partial charge in [0.1, 0.15) is 17.2 Å². The van der Waals surface area contributed by atoms with Gasteiger partial charge >= 0.3 is 5.97 Å². The molecule has 2 heterocycles. The Morgan fingerprint density at radius 3 is 3.05 bits per heavy atom. The van der Waals surface area contributed by atoms with Gasteiger partial charge in [-0.2, -0.15) is 0 Å². The summed E-state index contributed by atoms with van der Waals surface area (Å²) in [5.41, 5.74) is 0.683. The topological polar surface area (TPSA) is 79.7 Å². The molecule has 116 valence electrons. The highest BCUT2D eigenvalue weighted by molar-refractivity contribution is 7.09. The monoisotopic (exact) mass is 312 g/mol. The molecule has 0 bridgehead atoms. The van der Waals surface area contributed by atoms with Gasteiger partial charge in [0.25, 0.3) is 0 Å². The number of carboxylic acids is 1. The highest BCUT2D eigenvalue weighted by Crippen LogP contribution is 2.23. The normalized spacial score (nSPS) is 19.7. The number of likely N-dealkylation sites (tertiary alicyclic amines) is 1. The lowest BCUT2D eigenvalue weighted by atomic mass is 10.2. The summed E-state index contributed by atoms with van der Waals surface area (Å²) in [6, 6.07) is -0.682. The van der Waals surface area contributed by atoms with Crippen molar-refractivity contribution in [2.24, 2.45) is 0 Å². The first-order valence-electron chi connectivity index (χ1n) is 7.11. The molecule has 1 amide bonds. The van der Waals surface area contributed by atoms with E-state index < -0.39 is 12.0 Å². The molecular weight excluding hydrogens is 292 g/mol. The number of amides is 1. The summed E-state index contributed by atoms with van der Waals surface area (Å²) in [5, 5.41) is 11.8. The van der Waals surface area contributed by atoms with Crippen LogP contribution in [0.2, 0.25) is 0 Å². The molecule has 0 radical (unpaired) electrons. The number of hydrogen-bond acceptors (Lipinski definition) is 5. The fourth-order valence-electron chi connectivity index (χ4n) is 2.49. The fraction of sp³-hybridized carbons (Fsp3) is 0.643. The van der Waals surface area contributed by atoms with Crippen LogP contribution >= 0.6 is 11.3 Å². The summed E-state index contributed by atoms with van der Waals surface area (Å²) in [5.74, 6) is -1.09. The predicted molar refractivity (Wildman–Crippen MR) is 78.2 cm³/mol. The number of ether oxygens (including phenoxy) is 1. The molecule has 1 aliphatic heterocycles. The summed E-state index contributed by atoms with van der Waals surface area (Å²) >= 11 is 1.47. The molecular formula is C14H20N2O4S. The lowest BCUT2D eigenvalue weighted by Gasteiger charge is -2.20. The molecule has 0 aliphatic carbocycles. The molecule has 0 spiro atoms. The van der Waals surface area contributed by atoms with Crippen molar-refractivity contribution in [3.8, 4) is 0 Å². The van der Waals surface area contributed by atoms with Crippen molar-refractivity contribution in [2.75, 3.05) is 13.2 Å². The fourth-order valence-corrected chi connectivity index (χ4v) is 3.31. The third kappa shape index (κ3) is 3.79. The van der Waals surface area contributed by atoms with Crippen LogP contribution < -0.4 is 0 Å². The number of aromatic nitrogens is 1. The Morgan fingerprint density at radius 1 is 1.62 bits per heavy atom. The van der Waals surface area contributed by atoms with Crippen LogP contribution in [-0.2, 0) is 20.7 Å². The Labute approximate surface area is 127 Å². The van der Waals surface area contributed by atoms with E-state index in [-0.39, 0.29) is 18.4 Å². The Hall–Kier alpha value is -1.47. The van der Waals surface area contributed by atoms with Gasteiger partial charge in [0.15, 0.2) is 0 Å². The van der Waals surface area contributed by atoms with Gasteiger partial charge in [0.05, 0.1) is 12.1 Å². The van der Waals surface area contributed by atoms with Crippen molar-refractivity contribution in [3.63, 3.8) is 0 Å². The third-order valence-corrected chi connectivity index (χ3v) is 4.58. The molecule has 1 N–H and O–H groups in total. The first-order chi connectivity index (χ1) is 10.0. The minimum atomic E-state index is -0.926. The molecule has 1 saturated heterocycles. The summed E-state index contributed by atoms with van der Waals surface area (Å²) in [4.78, 5) is 29.2. The highest BCUT2D eigenvalue weighted by Gasteiger charge is 2.33. The van der Waals surface area contributed by atoms with E-state index in [0.717, 1.165) is 11.4 Å². The van der Waals surface area contributed by atoms with Gasteiger partial charge < -0.3 is 14.7 Å². The van der Waals surface area contributed by atoms with E-state index >= 15 is 0 Å². The average molecular weight is 312 g/mol. The minimum absolute atomic E-state index is 0.0811. The van der Waals surface area contributed by atoms with Crippen molar-refractivity contribution in [3.05, 3.63) is 16.1 Å². The number of hydrogen-bond donors (Lipinski definition) is 1. The molecule has 7 heteroatoms. The molecule has 1 aromatic heterocycles. The first kappa shape index (κ1) is 15.9. The molecule has 2 atom stereocenters. The quantitative estimate of drug-likeness (QED) is 0.867. The zero-order chi connectivity index (χ0) is 15.4. The minimum Gasteiger partial charge on any atom is -0.480 e. The van der Waals surface area contributed by atoms with Gasteiger partial charge in [-0.05, 0) is 26.7 Å². The zero-order valence-electron chi connectivity index (χ0n) is 12.2. The van der Waals surface area contributed by atoms with Crippen LogP contribution in [-0.4, -0.2) is 46.1 Å². The van der Waals surface area contributed by atoms with Gasteiger partial charge in [0.2, 0.25) is 5.91 Å². The maximum absolute atomic E-state index is 12.2. The van der Waals surface area contributed by atoms with Gasteiger partial charge in [-0.3, -0.25) is 4.79 Å². The van der Waals surface area contributed by atoms with Crippen molar-refractivity contribution in [1.82, 2.24) is 9.88 Å². The van der Waals surface area contributed by atoms with E-state index in [2.05, 4.69) is 4.98 Å². The maximum Gasteiger partial charge on any atom is 0.326 e. The maximum atomic E-state index is 12.2. The van der Waals surface area contributed by atoms with Crippen LogP contribution in [0.1, 0.15) is 43.5 Å². The lowest BCUT2D eigenvalue weighted by Crippen LogP contribution is -2.41. The number of thiazole rings is 1. The molecule has 1 aliphatic rings. The zero-order valence-corrected chi connectivity index (χ0v) is 13.1. The highest BCUT2D eigenvalue weighted by atomic mass is 32.1. The van der Waals surface area contributed by atoms with Gasteiger partial charge in [0, 0.05) is 18.5 Å². The van der Waals surface area contributed by atoms with Gasteiger partial charge in [-0.25, -0.2) is 9.78 Å². The first-order valence-corrected chi connectivity index (χ1v) is 7.99. The van der Waals surface area contributed by atoms with E-state index in [4.69, 9.17) is 9.84 Å². The molecule has 1 fully saturated rings. The number of nitrogens with zero attached hydrogens (tertiary/aromatic N) is 2.